The fourth-order valence-electron chi connectivity index (χ4n) is 6.90. The summed E-state index contributed by atoms with van der Waals surface area (Å²) in [5.74, 6) is 3.47. The lowest BCUT2D eigenvalue weighted by molar-refractivity contribution is -0.137. The second-order valence-electron chi connectivity index (χ2n) is 14.7. The van der Waals surface area contributed by atoms with Gasteiger partial charge in [-0.25, -0.2) is 0 Å². The summed E-state index contributed by atoms with van der Waals surface area (Å²) in [6.45, 7) is 10.5. The Morgan fingerprint density at radius 1 is 1.00 bits per heavy atom. The molecule has 1 aliphatic heterocycles. The molecular weight excluding hydrogens is 518 g/mol. The van der Waals surface area contributed by atoms with Gasteiger partial charge in [-0.3, -0.25) is 4.79 Å². The minimum absolute atomic E-state index is 0.0407. The lowest BCUT2D eigenvalue weighted by Gasteiger charge is -2.53. The van der Waals surface area contributed by atoms with E-state index in [1.807, 2.05) is 29.2 Å². The van der Waals surface area contributed by atoms with Gasteiger partial charge < -0.3 is 18.7 Å². The number of ether oxygens (including phenoxy) is 1. The van der Waals surface area contributed by atoms with Gasteiger partial charge in [-0.2, -0.15) is 9.97 Å². The zero-order valence-corrected chi connectivity index (χ0v) is 24.7. The second-order valence-corrected chi connectivity index (χ2v) is 14.7. The summed E-state index contributed by atoms with van der Waals surface area (Å²) in [7, 11) is 0. The van der Waals surface area contributed by atoms with Crippen LogP contribution in [0.15, 0.2) is 33.3 Å². The van der Waals surface area contributed by atoms with Gasteiger partial charge in [-0.05, 0) is 75.0 Å². The normalized spacial score (nSPS) is 27.0. The Bertz CT molecular complexity index is 1420. The molecule has 218 valence electrons. The minimum atomic E-state index is -0.135. The van der Waals surface area contributed by atoms with Crippen LogP contribution >= 0.6 is 0 Å². The third kappa shape index (κ3) is 5.00. The number of aromatic nitrogens is 4. The Balaban J connectivity index is 1.14. The summed E-state index contributed by atoms with van der Waals surface area (Å²) < 4.78 is 17.0. The Morgan fingerprint density at radius 3 is 2.34 bits per heavy atom. The number of carbonyl (C=O) groups is 1. The van der Waals surface area contributed by atoms with Crippen molar-refractivity contribution in [2.75, 3.05) is 24.7 Å². The van der Waals surface area contributed by atoms with E-state index in [0.29, 0.717) is 38.0 Å². The van der Waals surface area contributed by atoms with Crippen LogP contribution in [0.2, 0.25) is 0 Å². The van der Waals surface area contributed by atoms with E-state index in [0.717, 1.165) is 80.2 Å². The van der Waals surface area contributed by atoms with E-state index in [9.17, 15) is 4.79 Å². The van der Waals surface area contributed by atoms with Gasteiger partial charge in [0.1, 0.15) is 0 Å². The molecule has 4 saturated carbocycles. The zero-order chi connectivity index (χ0) is 28.5. The van der Waals surface area contributed by atoms with Crippen LogP contribution in [-0.2, 0) is 20.4 Å². The fraction of sp³-hybridized carbons (Fsp3) is 0.656. The van der Waals surface area contributed by atoms with Crippen LogP contribution in [0.4, 0.5) is 5.69 Å². The summed E-state index contributed by atoms with van der Waals surface area (Å²) in [5, 5.41) is 8.53. The molecule has 5 fully saturated rings. The summed E-state index contributed by atoms with van der Waals surface area (Å²) in [6.07, 6.45) is 8.88. The van der Waals surface area contributed by atoms with Crippen LogP contribution in [0.5, 0.6) is 0 Å². The van der Waals surface area contributed by atoms with Gasteiger partial charge in [0.2, 0.25) is 11.8 Å². The SMILES string of the molecule is CC1(CC(=O)N(CC23CCC(c4nc(C(C)(C)C)no4)(CC2)CC3)c2cccc(-c3nc(C4CC4)no3)c2)COC1. The van der Waals surface area contributed by atoms with Gasteiger partial charge in [0, 0.05) is 46.4 Å². The van der Waals surface area contributed by atoms with Gasteiger partial charge in [0.15, 0.2) is 11.6 Å². The molecule has 1 amide bonds. The monoisotopic (exact) mass is 559 g/mol. The van der Waals surface area contributed by atoms with Crippen molar-refractivity contribution in [3.8, 4) is 11.5 Å². The van der Waals surface area contributed by atoms with Crippen molar-refractivity contribution in [3.63, 3.8) is 0 Å². The van der Waals surface area contributed by atoms with Crippen LogP contribution in [0.25, 0.3) is 11.5 Å². The Hall–Kier alpha value is -3.07. The third-order valence-corrected chi connectivity index (χ3v) is 10.0. The van der Waals surface area contributed by atoms with E-state index >= 15 is 0 Å². The first-order chi connectivity index (χ1) is 19.6. The maximum Gasteiger partial charge on any atom is 0.258 e. The predicted octanol–water partition coefficient (Wildman–Crippen LogP) is 6.35. The van der Waals surface area contributed by atoms with Crippen LogP contribution < -0.4 is 4.90 Å². The first kappa shape index (κ1) is 26.8. The first-order valence-electron chi connectivity index (χ1n) is 15.2. The molecule has 0 spiro atoms. The Kier molecular flexibility index (Phi) is 6.20. The fourth-order valence-corrected chi connectivity index (χ4v) is 6.90. The number of hydrogen-bond acceptors (Lipinski definition) is 8. The molecule has 5 aliphatic rings. The van der Waals surface area contributed by atoms with Crippen molar-refractivity contribution in [2.24, 2.45) is 10.8 Å². The van der Waals surface area contributed by atoms with Crippen LogP contribution in [0.3, 0.4) is 0 Å². The summed E-state index contributed by atoms with van der Waals surface area (Å²) in [6, 6.07) is 8.06. The highest BCUT2D eigenvalue weighted by Gasteiger charge is 2.53. The lowest BCUT2D eigenvalue weighted by atomic mass is 9.53. The molecule has 2 aromatic heterocycles. The molecule has 9 heteroatoms. The molecule has 0 atom stereocenters. The molecule has 0 radical (unpaired) electrons. The molecule has 4 aliphatic carbocycles. The molecule has 2 bridgehead atoms. The van der Waals surface area contributed by atoms with Crippen molar-refractivity contribution in [1.82, 2.24) is 20.3 Å². The largest absolute Gasteiger partial charge is 0.380 e. The topological polar surface area (TPSA) is 107 Å². The van der Waals surface area contributed by atoms with Crippen molar-refractivity contribution in [3.05, 3.63) is 41.8 Å². The third-order valence-electron chi connectivity index (χ3n) is 10.0. The molecule has 41 heavy (non-hydrogen) atoms. The van der Waals surface area contributed by atoms with E-state index in [1.54, 1.807) is 0 Å². The highest BCUT2D eigenvalue weighted by molar-refractivity contribution is 5.94. The Morgan fingerprint density at radius 2 is 1.73 bits per heavy atom. The molecule has 3 heterocycles. The molecule has 0 unspecified atom stereocenters. The van der Waals surface area contributed by atoms with E-state index in [1.165, 1.54) is 0 Å². The molecule has 0 N–H and O–H groups in total. The molecule has 1 aromatic carbocycles. The van der Waals surface area contributed by atoms with Crippen LogP contribution in [0.1, 0.15) is 109 Å². The van der Waals surface area contributed by atoms with Crippen molar-refractivity contribution < 1.29 is 18.6 Å². The quantitative estimate of drug-likeness (QED) is 0.314. The minimum Gasteiger partial charge on any atom is -0.380 e. The predicted molar refractivity (Wildman–Crippen MR) is 152 cm³/mol. The number of nitrogens with zero attached hydrogens (tertiary/aromatic N) is 5. The van der Waals surface area contributed by atoms with E-state index < -0.39 is 0 Å². The summed E-state index contributed by atoms with van der Waals surface area (Å²) in [4.78, 5) is 25.6. The standard InChI is InChI=1S/C32H41N5O4/c1-29(2,3)27-34-28(41-36-27)32-13-10-31(11-14-32,12-15-32)18-37(24(38)17-30(4)19-39-20-30)23-7-5-6-22(16-23)26-33-25(35-40-26)21-8-9-21/h5-7,16,21H,8-15,17-20H2,1-4H3. The van der Waals surface area contributed by atoms with Gasteiger partial charge in [0.25, 0.3) is 5.89 Å². The number of rotatable bonds is 8. The average Bonchev–Trinajstić information content (AvgIpc) is 3.44. The number of amides is 1. The van der Waals surface area contributed by atoms with Crippen LogP contribution in [0, 0.1) is 10.8 Å². The van der Waals surface area contributed by atoms with E-state index in [2.05, 4.69) is 43.0 Å². The Labute approximate surface area is 241 Å². The van der Waals surface area contributed by atoms with E-state index in [-0.39, 0.29) is 27.6 Å². The van der Waals surface area contributed by atoms with Gasteiger partial charge in [-0.1, -0.05) is 44.1 Å². The van der Waals surface area contributed by atoms with Gasteiger partial charge >= 0.3 is 0 Å². The van der Waals surface area contributed by atoms with Crippen LogP contribution in [-0.4, -0.2) is 45.9 Å². The molecule has 3 aromatic rings. The summed E-state index contributed by atoms with van der Waals surface area (Å²) >= 11 is 0. The molecule has 9 nitrogen and oxygen atoms in total. The van der Waals surface area contributed by atoms with Gasteiger partial charge in [0.05, 0.1) is 13.2 Å². The highest BCUT2D eigenvalue weighted by Crippen LogP contribution is 2.58. The second kappa shape index (κ2) is 9.48. The highest BCUT2D eigenvalue weighted by atomic mass is 16.5. The van der Waals surface area contributed by atoms with Crippen molar-refractivity contribution >= 4 is 11.6 Å². The maximum atomic E-state index is 14.0. The summed E-state index contributed by atoms with van der Waals surface area (Å²) in [5.41, 5.74) is 1.54. The molecular formula is C32H41N5O4. The molecule has 1 saturated heterocycles. The smallest absolute Gasteiger partial charge is 0.258 e. The number of benzene rings is 1. The number of hydrogen-bond donors (Lipinski definition) is 0. The zero-order valence-electron chi connectivity index (χ0n) is 24.7. The maximum absolute atomic E-state index is 14.0. The van der Waals surface area contributed by atoms with Crippen molar-refractivity contribution in [2.45, 2.75) is 102 Å². The van der Waals surface area contributed by atoms with Crippen molar-refractivity contribution in [1.29, 1.82) is 0 Å². The van der Waals surface area contributed by atoms with Gasteiger partial charge in [-0.15, -0.1) is 0 Å². The lowest BCUT2D eigenvalue weighted by Crippen LogP contribution is -2.52. The number of carbonyl (C=O) groups excluding carboxylic acids is 1. The molecule has 8 rings (SSSR count). The first-order valence-corrected chi connectivity index (χ1v) is 15.2. The van der Waals surface area contributed by atoms with E-state index in [4.69, 9.17) is 18.8 Å². The number of fused-ring (bicyclic) bond motifs is 3. The average molecular weight is 560 g/mol. The number of anilines is 1.